The lowest BCUT2D eigenvalue weighted by Gasteiger charge is -2.50. The summed E-state index contributed by atoms with van der Waals surface area (Å²) >= 11 is 0. The van der Waals surface area contributed by atoms with Gasteiger partial charge in [0.2, 0.25) is 0 Å². The monoisotopic (exact) mass is 400 g/mol. The summed E-state index contributed by atoms with van der Waals surface area (Å²) in [5, 5.41) is 41.2. The van der Waals surface area contributed by atoms with Gasteiger partial charge in [0.25, 0.3) is 0 Å². The predicted octanol–water partition coefficient (Wildman–Crippen LogP) is 4.14. The fraction of sp³-hybridized carbons (Fsp3) is 0.652. The Hall–Kier alpha value is -1.66. The van der Waals surface area contributed by atoms with Gasteiger partial charge in [0.05, 0.1) is 5.46 Å². The highest BCUT2D eigenvalue weighted by atomic mass is 16.4. The highest BCUT2D eigenvalue weighted by Gasteiger charge is 2.52. The maximum atomic E-state index is 10.4. The second kappa shape index (κ2) is 6.68. The first-order chi connectivity index (χ1) is 13.5. The molecule has 1 aromatic carbocycles. The van der Waals surface area contributed by atoms with E-state index in [1.165, 1.54) is 6.42 Å². The van der Waals surface area contributed by atoms with E-state index < -0.39 is 12.9 Å². The lowest BCUT2D eigenvalue weighted by Crippen LogP contribution is -2.44. The topological polar surface area (TPSA) is 94.1 Å². The molecule has 5 nitrogen and oxygen atoms in total. The Kier molecular flexibility index (Phi) is 4.75. The fourth-order valence-electron chi connectivity index (χ4n) is 6.58. The van der Waals surface area contributed by atoms with Crippen molar-refractivity contribution in [3.63, 3.8) is 0 Å². The Bertz CT molecular complexity index is 945. The molecule has 2 aliphatic carbocycles. The Balaban J connectivity index is 2.10. The van der Waals surface area contributed by atoms with Crippen LogP contribution in [0.4, 0.5) is 0 Å². The molecular formula is C23H33BO5. The standard InChI is InChI=1S/C23H33BO5/c1-12(2)13-7-8-16-22(3,4)9-6-10-23(16,5)17-14-11-15(25)19(26)18(24(27)28)21(14)29-20(13)17/h11-13,16,25-28H,6-10H2,1-5H3/t13?,16-,23-/m1/s1. The highest BCUT2D eigenvalue weighted by molar-refractivity contribution is 6.63. The van der Waals surface area contributed by atoms with Crippen molar-refractivity contribution in [3.05, 3.63) is 17.4 Å². The third-order valence-electron chi connectivity index (χ3n) is 7.96. The van der Waals surface area contributed by atoms with Crippen molar-refractivity contribution in [1.29, 1.82) is 0 Å². The molecule has 1 fully saturated rings. The van der Waals surface area contributed by atoms with Gasteiger partial charge in [0, 0.05) is 16.9 Å². The molecular weight excluding hydrogens is 367 g/mol. The Labute approximate surface area is 172 Å². The number of fused-ring (bicyclic) bond motifs is 5. The molecule has 2 aliphatic rings. The van der Waals surface area contributed by atoms with Crippen LogP contribution in [0.2, 0.25) is 0 Å². The highest BCUT2D eigenvalue weighted by Crippen LogP contribution is 2.60. The van der Waals surface area contributed by atoms with Crippen molar-refractivity contribution < 1.29 is 24.7 Å². The Morgan fingerprint density at radius 2 is 1.79 bits per heavy atom. The van der Waals surface area contributed by atoms with Crippen molar-refractivity contribution in [1.82, 2.24) is 0 Å². The van der Waals surface area contributed by atoms with E-state index in [9.17, 15) is 20.3 Å². The molecule has 3 atom stereocenters. The second-order valence-corrected chi connectivity index (χ2v) is 10.5. The minimum atomic E-state index is -1.93. The summed E-state index contributed by atoms with van der Waals surface area (Å²) < 4.78 is 6.36. The zero-order valence-electron chi connectivity index (χ0n) is 18.1. The smallest absolute Gasteiger partial charge is 0.496 e. The molecule has 4 N–H and O–H groups in total. The van der Waals surface area contributed by atoms with Crippen molar-refractivity contribution >= 4 is 23.6 Å². The third-order valence-corrected chi connectivity index (χ3v) is 7.96. The van der Waals surface area contributed by atoms with E-state index in [1.807, 2.05) is 0 Å². The quantitative estimate of drug-likeness (QED) is 0.449. The normalized spacial score (nSPS) is 28.8. The minimum Gasteiger partial charge on any atom is -0.504 e. The number of furan rings is 1. The molecule has 158 valence electrons. The van der Waals surface area contributed by atoms with Crippen LogP contribution < -0.4 is 5.46 Å². The van der Waals surface area contributed by atoms with Crippen LogP contribution >= 0.6 is 0 Å². The number of hydrogen-bond acceptors (Lipinski definition) is 5. The van der Waals surface area contributed by atoms with Crippen molar-refractivity contribution in [3.8, 4) is 11.5 Å². The van der Waals surface area contributed by atoms with Crippen LogP contribution in [0.5, 0.6) is 11.5 Å². The second-order valence-electron chi connectivity index (χ2n) is 10.5. The first-order valence-corrected chi connectivity index (χ1v) is 10.9. The lowest BCUT2D eigenvalue weighted by atomic mass is 9.53. The number of benzene rings is 1. The van der Waals surface area contributed by atoms with E-state index >= 15 is 0 Å². The average molecular weight is 400 g/mol. The van der Waals surface area contributed by atoms with Gasteiger partial charge in [-0.25, -0.2) is 0 Å². The molecule has 2 aromatic rings. The van der Waals surface area contributed by atoms with E-state index in [-0.39, 0.29) is 33.5 Å². The van der Waals surface area contributed by atoms with E-state index in [0.717, 1.165) is 37.0 Å². The first kappa shape index (κ1) is 20.6. The van der Waals surface area contributed by atoms with Crippen molar-refractivity contribution in [2.24, 2.45) is 17.3 Å². The van der Waals surface area contributed by atoms with Gasteiger partial charge in [0.15, 0.2) is 11.5 Å². The molecule has 0 bridgehead atoms. The molecule has 1 heterocycles. The van der Waals surface area contributed by atoms with Crippen LogP contribution in [0.3, 0.4) is 0 Å². The maximum absolute atomic E-state index is 10.4. The van der Waals surface area contributed by atoms with E-state index in [1.54, 1.807) is 6.07 Å². The molecule has 1 aromatic heterocycles. The van der Waals surface area contributed by atoms with Gasteiger partial charge in [-0.1, -0.05) is 41.0 Å². The number of phenolic OH excluding ortho intramolecular Hbond substituents is 2. The summed E-state index contributed by atoms with van der Waals surface area (Å²) in [6.07, 6.45) is 5.49. The molecule has 0 radical (unpaired) electrons. The molecule has 6 heteroatoms. The zero-order valence-corrected chi connectivity index (χ0v) is 18.1. The van der Waals surface area contributed by atoms with Gasteiger partial charge in [-0.3, -0.25) is 0 Å². The lowest BCUT2D eigenvalue weighted by molar-refractivity contribution is 0.0498. The van der Waals surface area contributed by atoms with Gasteiger partial charge in [-0.05, 0) is 54.4 Å². The average Bonchev–Trinajstić information content (AvgIpc) is 2.89. The Morgan fingerprint density at radius 1 is 1.10 bits per heavy atom. The Morgan fingerprint density at radius 3 is 2.41 bits per heavy atom. The number of hydrogen-bond donors (Lipinski definition) is 4. The molecule has 4 rings (SSSR count). The predicted molar refractivity (Wildman–Crippen MR) is 115 cm³/mol. The summed E-state index contributed by atoms with van der Waals surface area (Å²) in [6.45, 7) is 11.4. The van der Waals surface area contributed by atoms with Crippen LogP contribution in [0, 0.1) is 17.3 Å². The van der Waals surface area contributed by atoms with Crippen LogP contribution in [0.25, 0.3) is 11.0 Å². The van der Waals surface area contributed by atoms with E-state index in [0.29, 0.717) is 17.2 Å². The molecule has 0 amide bonds. The van der Waals surface area contributed by atoms with Gasteiger partial charge in [-0.2, -0.15) is 0 Å². The number of rotatable bonds is 2. The van der Waals surface area contributed by atoms with Crippen molar-refractivity contribution in [2.75, 3.05) is 0 Å². The summed E-state index contributed by atoms with van der Waals surface area (Å²) in [6, 6.07) is 1.55. The summed E-state index contributed by atoms with van der Waals surface area (Å²) in [5.74, 6) is 1.07. The molecule has 0 aliphatic heterocycles. The van der Waals surface area contributed by atoms with E-state index in [2.05, 4.69) is 34.6 Å². The molecule has 0 saturated heterocycles. The number of aromatic hydroxyl groups is 2. The van der Waals surface area contributed by atoms with E-state index in [4.69, 9.17) is 4.42 Å². The van der Waals surface area contributed by atoms with Gasteiger partial charge >= 0.3 is 7.12 Å². The molecule has 29 heavy (non-hydrogen) atoms. The molecule has 1 saturated carbocycles. The summed E-state index contributed by atoms with van der Waals surface area (Å²) in [7, 11) is -1.93. The van der Waals surface area contributed by atoms with Crippen LogP contribution in [0.1, 0.15) is 84.0 Å². The zero-order chi connectivity index (χ0) is 21.3. The summed E-state index contributed by atoms with van der Waals surface area (Å²) in [4.78, 5) is 0. The van der Waals surface area contributed by atoms with Crippen LogP contribution in [-0.2, 0) is 5.41 Å². The van der Waals surface area contributed by atoms with Crippen molar-refractivity contribution in [2.45, 2.75) is 78.1 Å². The van der Waals surface area contributed by atoms with Gasteiger partial charge in [0.1, 0.15) is 11.3 Å². The maximum Gasteiger partial charge on any atom is 0.496 e. The van der Waals surface area contributed by atoms with Crippen LogP contribution in [0.15, 0.2) is 10.5 Å². The SMILES string of the molecule is CC(C)C1CC[C@@H]2C(C)(C)CCC[C@@]2(C)c2c1oc1c(B(O)O)c(O)c(O)cc21. The van der Waals surface area contributed by atoms with Gasteiger partial charge < -0.3 is 24.7 Å². The first-order valence-electron chi connectivity index (χ1n) is 10.9. The summed E-state index contributed by atoms with van der Waals surface area (Å²) in [5.41, 5.74) is 1.30. The fourth-order valence-corrected chi connectivity index (χ4v) is 6.58. The van der Waals surface area contributed by atoms with Gasteiger partial charge in [-0.15, -0.1) is 0 Å². The number of phenols is 2. The van der Waals surface area contributed by atoms with Crippen LogP contribution in [-0.4, -0.2) is 27.4 Å². The minimum absolute atomic E-state index is 0.132. The third kappa shape index (κ3) is 2.90. The molecule has 1 unspecified atom stereocenters. The molecule has 0 spiro atoms. The largest absolute Gasteiger partial charge is 0.504 e.